The minimum atomic E-state index is 0. The molecule has 0 atom stereocenters. The average molecular weight is 367 g/mol. The molecule has 0 N–H and O–H groups in total. The van der Waals surface area contributed by atoms with Crippen molar-refractivity contribution in [2.24, 2.45) is 0 Å². The SMILES string of the molecule is C1=CCC=C1.C1=CCC=C1.C1CCCC1.[Ho]. The number of hydrogen-bond acceptors (Lipinski definition) is 0. The van der Waals surface area contributed by atoms with Crippen molar-refractivity contribution in [1.82, 2.24) is 0 Å². The van der Waals surface area contributed by atoms with E-state index in [0.29, 0.717) is 0 Å². The van der Waals surface area contributed by atoms with E-state index in [0.717, 1.165) is 12.8 Å². The molecule has 0 aliphatic heterocycles. The fourth-order valence-electron chi connectivity index (χ4n) is 1.67. The third-order valence-electron chi connectivity index (χ3n) is 2.56. The molecule has 1 heteroatoms. The fourth-order valence-corrected chi connectivity index (χ4v) is 1.67. The molecular formula is C15H22Ho. The van der Waals surface area contributed by atoms with Crippen molar-refractivity contribution < 1.29 is 37.7 Å². The summed E-state index contributed by atoms with van der Waals surface area (Å²) in [5, 5.41) is 0. The monoisotopic (exact) mass is 367 g/mol. The first-order valence-electron chi connectivity index (χ1n) is 6.13. The van der Waals surface area contributed by atoms with Crippen LogP contribution in [0.4, 0.5) is 0 Å². The summed E-state index contributed by atoms with van der Waals surface area (Å²) in [5.41, 5.74) is 0. The van der Waals surface area contributed by atoms with Crippen LogP contribution >= 0.6 is 0 Å². The van der Waals surface area contributed by atoms with E-state index in [4.69, 9.17) is 0 Å². The molecule has 3 aliphatic rings. The molecule has 0 aromatic rings. The zero-order valence-electron chi connectivity index (χ0n) is 9.87. The Balaban J connectivity index is 0.000000205. The molecule has 0 amide bonds. The van der Waals surface area contributed by atoms with Gasteiger partial charge >= 0.3 is 0 Å². The summed E-state index contributed by atoms with van der Waals surface area (Å²) in [4.78, 5) is 0. The van der Waals surface area contributed by atoms with Crippen molar-refractivity contribution in [3.05, 3.63) is 48.6 Å². The zero-order chi connectivity index (χ0) is 10.6. The molecule has 0 bridgehead atoms. The van der Waals surface area contributed by atoms with Gasteiger partial charge in [-0.05, 0) is 12.8 Å². The fraction of sp³-hybridized carbons (Fsp3) is 0.467. The Kier molecular flexibility index (Phi) is 13.5. The smallest absolute Gasteiger partial charge is 0 e. The maximum atomic E-state index is 2.12. The summed E-state index contributed by atoms with van der Waals surface area (Å²) < 4.78 is 0. The van der Waals surface area contributed by atoms with E-state index in [2.05, 4.69) is 48.6 Å². The molecule has 0 nitrogen and oxygen atoms in total. The molecule has 0 saturated heterocycles. The summed E-state index contributed by atoms with van der Waals surface area (Å²) in [6.45, 7) is 0. The van der Waals surface area contributed by atoms with Crippen molar-refractivity contribution in [1.29, 1.82) is 0 Å². The van der Waals surface area contributed by atoms with Crippen LogP contribution in [0.25, 0.3) is 0 Å². The minimum absolute atomic E-state index is 0. The maximum Gasteiger partial charge on any atom is 0 e. The quantitative estimate of drug-likeness (QED) is 0.531. The molecule has 0 heterocycles. The van der Waals surface area contributed by atoms with Crippen LogP contribution in [0.15, 0.2) is 48.6 Å². The number of allylic oxidation sites excluding steroid dienone is 8. The van der Waals surface area contributed by atoms with Crippen molar-refractivity contribution in [2.75, 3.05) is 0 Å². The summed E-state index contributed by atoms with van der Waals surface area (Å²) in [6, 6.07) is 0. The molecule has 16 heavy (non-hydrogen) atoms. The van der Waals surface area contributed by atoms with Gasteiger partial charge in [-0.3, -0.25) is 0 Å². The summed E-state index contributed by atoms with van der Waals surface area (Å²) in [7, 11) is 0. The van der Waals surface area contributed by atoms with Crippen LogP contribution in [-0.4, -0.2) is 0 Å². The molecule has 3 aliphatic carbocycles. The van der Waals surface area contributed by atoms with E-state index in [1.807, 2.05) is 0 Å². The molecule has 1 fully saturated rings. The number of hydrogen-bond donors (Lipinski definition) is 0. The van der Waals surface area contributed by atoms with Gasteiger partial charge in [0, 0.05) is 37.7 Å². The maximum absolute atomic E-state index is 2.12. The first-order valence-corrected chi connectivity index (χ1v) is 6.13. The van der Waals surface area contributed by atoms with E-state index in [1.54, 1.807) is 0 Å². The largest absolute Gasteiger partial charge is 0.0808 e. The van der Waals surface area contributed by atoms with Crippen LogP contribution in [0.3, 0.4) is 0 Å². The Morgan fingerprint density at radius 2 is 0.688 bits per heavy atom. The Bertz CT molecular complexity index is 193. The molecule has 3 rings (SSSR count). The zero-order valence-corrected chi connectivity index (χ0v) is 11.8. The predicted octanol–water partition coefficient (Wildman–Crippen LogP) is 4.96. The van der Waals surface area contributed by atoms with E-state index in [9.17, 15) is 0 Å². The van der Waals surface area contributed by atoms with Crippen LogP contribution in [0.1, 0.15) is 44.9 Å². The van der Waals surface area contributed by atoms with E-state index >= 15 is 0 Å². The Hall–Kier alpha value is 0.220. The van der Waals surface area contributed by atoms with Crippen molar-refractivity contribution in [3.8, 4) is 0 Å². The Morgan fingerprint density at radius 3 is 0.812 bits per heavy atom. The van der Waals surface area contributed by atoms with Crippen LogP contribution in [0, 0.1) is 37.7 Å². The second-order valence-electron chi connectivity index (χ2n) is 3.95. The summed E-state index contributed by atoms with van der Waals surface area (Å²) in [6.07, 6.45) is 26.5. The van der Waals surface area contributed by atoms with Gasteiger partial charge in [-0.25, -0.2) is 0 Å². The van der Waals surface area contributed by atoms with Gasteiger partial charge in [-0.1, -0.05) is 80.7 Å². The number of rotatable bonds is 0. The van der Waals surface area contributed by atoms with Crippen LogP contribution in [0.2, 0.25) is 0 Å². The van der Waals surface area contributed by atoms with E-state index < -0.39 is 0 Å². The summed E-state index contributed by atoms with van der Waals surface area (Å²) >= 11 is 0. The third kappa shape index (κ3) is 10.7. The van der Waals surface area contributed by atoms with Crippen molar-refractivity contribution in [2.45, 2.75) is 44.9 Å². The topological polar surface area (TPSA) is 0 Å². The van der Waals surface area contributed by atoms with E-state index in [-0.39, 0.29) is 37.7 Å². The van der Waals surface area contributed by atoms with Gasteiger partial charge in [-0.15, -0.1) is 0 Å². The van der Waals surface area contributed by atoms with Crippen LogP contribution in [0.5, 0.6) is 0 Å². The molecular weight excluding hydrogens is 345 g/mol. The molecule has 1 saturated carbocycles. The van der Waals surface area contributed by atoms with Crippen LogP contribution in [-0.2, 0) is 0 Å². The second kappa shape index (κ2) is 13.3. The van der Waals surface area contributed by atoms with Crippen LogP contribution < -0.4 is 0 Å². The van der Waals surface area contributed by atoms with Crippen molar-refractivity contribution in [3.63, 3.8) is 0 Å². The average Bonchev–Trinajstić information content (AvgIpc) is 3.09. The van der Waals surface area contributed by atoms with Gasteiger partial charge in [0.25, 0.3) is 0 Å². The van der Waals surface area contributed by atoms with Gasteiger partial charge in [0.05, 0.1) is 0 Å². The molecule has 1 radical (unpaired) electrons. The van der Waals surface area contributed by atoms with Crippen molar-refractivity contribution >= 4 is 0 Å². The minimum Gasteiger partial charge on any atom is -0.0808 e. The molecule has 0 aromatic carbocycles. The Morgan fingerprint density at radius 1 is 0.438 bits per heavy atom. The predicted molar refractivity (Wildman–Crippen MR) is 68.9 cm³/mol. The van der Waals surface area contributed by atoms with E-state index in [1.165, 1.54) is 32.1 Å². The third-order valence-corrected chi connectivity index (χ3v) is 2.56. The van der Waals surface area contributed by atoms with Gasteiger partial charge in [0.2, 0.25) is 0 Å². The summed E-state index contributed by atoms with van der Waals surface area (Å²) in [5.74, 6) is 0. The van der Waals surface area contributed by atoms with Gasteiger partial charge in [-0.2, -0.15) is 0 Å². The molecule has 0 spiro atoms. The van der Waals surface area contributed by atoms with Gasteiger partial charge in [0.15, 0.2) is 0 Å². The molecule has 0 aromatic heterocycles. The molecule has 93 valence electrons. The Labute approximate surface area is 130 Å². The first kappa shape index (κ1) is 16.2. The standard InChI is InChI=1S/C5H10.2C5H6.Ho/c3*1-2-4-5-3-1;/h1-5H2;2*1-4H,5H2;. The normalized spacial score (nSPS) is 18.5. The van der Waals surface area contributed by atoms with Gasteiger partial charge in [0.1, 0.15) is 0 Å². The second-order valence-corrected chi connectivity index (χ2v) is 3.95. The van der Waals surface area contributed by atoms with Gasteiger partial charge < -0.3 is 0 Å². The first-order chi connectivity index (χ1) is 7.50. The molecule has 0 unspecified atom stereocenters.